The summed E-state index contributed by atoms with van der Waals surface area (Å²) in [5, 5.41) is 1.35. The third-order valence-electron chi connectivity index (χ3n) is 4.15. The predicted molar refractivity (Wildman–Crippen MR) is 88.8 cm³/mol. The molecule has 4 heteroatoms. The summed E-state index contributed by atoms with van der Waals surface area (Å²) in [5.41, 5.74) is 9.91. The molecule has 1 aliphatic rings. The van der Waals surface area contributed by atoms with Crippen LogP contribution in [0.5, 0.6) is 0 Å². The van der Waals surface area contributed by atoms with E-state index < -0.39 is 0 Å². The van der Waals surface area contributed by atoms with Crippen LogP contribution in [0.15, 0.2) is 42.5 Å². The molecule has 1 atom stereocenters. The van der Waals surface area contributed by atoms with E-state index in [1.165, 1.54) is 11.1 Å². The zero-order valence-electron chi connectivity index (χ0n) is 11.7. The van der Waals surface area contributed by atoms with Gasteiger partial charge in [0.15, 0.2) is 0 Å². The molecule has 0 saturated carbocycles. The van der Waals surface area contributed by atoms with E-state index in [0.29, 0.717) is 16.6 Å². The zero-order valence-corrected chi connectivity index (χ0v) is 13.2. The van der Waals surface area contributed by atoms with Gasteiger partial charge >= 0.3 is 0 Å². The molecule has 0 aliphatic carbocycles. The Kier molecular flexibility index (Phi) is 4.51. The second kappa shape index (κ2) is 6.37. The van der Waals surface area contributed by atoms with Crippen LogP contribution in [0, 0.1) is 0 Å². The van der Waals surface area contributed by atoms with Crippen LogP contribution in [0.3, 0.4) is 0 Å². The summed E-state index contributed by atoms with van der Waals surface area (Å²) in [4.78, 5) is 2.40. The van der Waals surface area contributed by atoms with Crippen molar-refractivity contribution in [3.05, 3.63) is 69.2 Å². The molecule has 2 aromatic carbocycles. The molecule has 0 fully saturated rings. The molecule has 1 heterocycles. The van der Waals surface area contributed by atoms with Gasteiger partial charge in [0.05, 0.1) is 0 Å². The maximum atomic E-state index is 6.36. The fourth-order valence-corrected chi connectivity index (χ4v) is 3.56. The number of halogens is 2. The van der Waals surface area contributed by atoms with Crippen molar-refractivity contribution in [2.75, 3.05) is 13.1 Å². The highest BCUT2D eigenvalue weighted by molar-refractivity contribution is 6.35. The molecule has 1 unspecified atom stereocenters. The van der Waals surface area contributed by atoms with Gasteiger partial charge in [0.1, 0.15) is 0 Å². The summed E-state index contributed by atoms with van der Waals surface area (Å²) >= 11 is 12.3. The Balaban J connectivity index is 1.88. The zero-order chi connectivity index (χ0) is 14.8. The van der Waals surface area contributed by atoms with Gasteiger partial charge < -0.3 is 5.73 Å². The lowest BCUT2D eigenvalue weighted by Crippen LogP contribution is -2.37. The van der Waals surface area contributed by atoms with Gasteiger partial charge in [-0.05, 0) is 35.2 Å². The van der Waals surface area contributed by atoms with Crippen LogP contribution in [-0.2, 0) is 13.0 Å². The van der Waals surface area contributed by atoms with Crippen molar-refractivity contribution >= 4 is 23.2 Å². The number of hydrogen-bond donors (Lipinski definition) is 1. The lowest BCUT2D eigenvalue weighted by molar-refractivity contribution is 0.184. The van der Waals surface area contributed by atoms with E-state index >= 15 is 0 Å². The van der Waals surface area contributed by atoms with Crippen LogP contribution in [0.2, 0.25) is 10.0 Å². The molecule has 0 spiro atoms. The summed E-state index contributed by atoms with van der Waals surface area (Å²) in [6.45, 7) is 2.46. The Bertz CT molecular complexity index is 642. The third-order valence-corrected chi connectivity index (χ3v) is 4.71. The van der Waals surface area contributed by atoms with Crippen LogP contribution in [0.25, 0.3) is 0 Å². The van der Waals surface area contributed by atoms with Gasteiger partial charge in [0, 0.05) is 35.7 Å². The highest BCUT2D eigenvalue weighted by Crippen LogP contribution is 2.32. The van der Waals surface area contributed by atoms with E-state index in [2.05, 4.69) is 29.2 Å². The summed E-state index contributed by atoms with van der Waals surface area (Å²) < 4.78 is 0. The number of nitrogens with zero attached hydrogens (tertiary/aromatic N) is 1. The topological polar surface area (TPSA) is 29.3 Å². The van der Waals surface area contributed by atoms with Gasteiger partial charge in [-0.15, -0.1) is 0 Å². The quantitative estimate of drug-likeness (QED) is 0.924. The van der Waals surface area contributed by atoms with E-state index in [9.17, 15) is 0 Å². The minimum Gasteiger partial charge on any atom is -0.329 e. The molecular formula is C17H18Cl2N2. The molecule has 0 bridgehead atoms. The molecule has 0 aromatic heterocycles. The Morgan fingerprint density at radius 3 is 2.57 bits per heavy atom. The lowest BCUT2D eigenvalue weighted by Gasteiger charge is -2.35. The van der Waals surface area contributed by atoms with E-state index in [1.807, 2.05) is 12.1 Å². The first kappa shape index (κ1) is 14.9. The fraction of sp³-hybridized carbons (Fsp3) is 0.294. The van der Waals surface area contributed by atoms with Gasteiger partial charge in [-0.25, -0.2) is 0 Å². The second-order valence-corrected chi connectivity index (χ2v) is 6.25. The van der Waals surface area contributed by atoms with Gasteiger partial charge in [-0.1, -0.05) is 53.5 Å². The van der Waals surface area contributed by atoms with Crippen molar-refractivity contribution in [2.24, 2.45) is 5.73 Å². The van der Waals surface area contributed by atoms with Gasteiger partial charge in [-0.2, -0.15) is 0 Å². The molecule has 0 saturated heterocycles. The molecule has 2 nitrogen and oxygen atoms in total. The van der Waals surface area contributed by atoms with Crippen LogP contribution in [-0.4, -0.2) is 18.0 Å². The summed E-state index contributed by atoms with van der Waals surface area (Å²) in [6.07, 6.45) is 1.05. The van der Waals surface area contributed by atoms with Crippen molar-refractivity contribution in [3.63, 3.8) is 0 Å². The minimum absolute atomic E-state index is 0.128. The van der Waals surface area contributed by atoms with E-state index in [-0.39, 0.29) is 6.04 Å². The first-order chi connectivity index (χ1) is 10.2. The van der Waals surface area contributed by atoms with Crippen molar-refractivity contribution in [1.29, 1.82) is 0 Å². The normalized spacial score (nSPS) is 16.5. The highest BCUT2D eigenvalue weighted by Gasteiger charge is 2.25. The highest BCUT2D eigenvalue weighted by atomic mass is 35.5. The summed E-state index contributed by atoms with van der Waals surface area (Å²) in [7, 11) is 0. The smallest absolute Gasteiger partial charge is 0.0488 e. The molecule has 1 aliphatic heterocycles. The fourth-order valence-electron chi connectivity index (χ4n) is 3.03. The molecule has 110 valence electrons. The molecule has 3 rings (SSSR count). The standard InChI is InChI=1S/C17H18Cl2N2/c18-14-5-6-15(16(19)9-14)17(10-20)21-8-7-12-3-1-2-4-13(12)11-21/h1-6,9,17H,7-8,10-11,20H2. The molecule has 0 amide bonds. The molecular weight excluding hydrogens is 303 g/mol. The lowest BCUT2D eigenvalue weighted by atomic mass is 9.96. The van der Waals surface area contributed by atoms with Crippen molar-refractivity contribution in [3.8, 4) is 0 Å². The summed E-state index contributed by atoms with van der Waals surface area (Å²) in [6, 6.07) is 14.4. The number of fused-ring (bicyclic) bond motifs is 1. The number of hydrogen-bond acceptors (Lipinski definition) is 2. The van der Waals surface area contributed by atoms with E-state index in [4.69, 9.17) is 28.9 Å². The van der Waals surface area contributed by atoms with Crippen LogP contribution in [0.1, 0.15) is 22.7 Å². The molecule has 0 radical (unpaired) electrons. The molecule has 2 aromatic rings. The maximum absolute atomic E-state index is 6.36. The first-order valence-corrected chi connectivity index (χ1v) is 7.90. The Morgan fingerprint density at radius 1 is 1.10 bits per heavy atom. The number of nitrogens with two attached hydrogens (primary N) is 1. The average molecular weight is 321 g/mol. The van der Waals surface area contributed by atoms with Gasteiger partial charge in [-0.3, -0.25) is 4.90 Å². The predicted octanol–water partition coefficient (Wildman–Crippen LogP) is 4.05. The van der Waals surface area contributed by atoms with Gasteiger partial charge in [0.2, 0.25) is 0 Å². The Morgan fingerprint density at radius 2 is 1.86 bits per heavy atom. The van der Waals surface area contributed by atoms with Crippen molar-refractivity contribution in [1.82, 2.24) is 4.90 Å². The minimum atomic E-state index is 0.128. The summed E-state index contributed by atoms with van der Waals surface area (Å²) in [5.74, 6) is 0. The van der Waals surface area contributed by atoms with Crippen molar-refractivity contribution < 1.29 is 0 Å². The molecule has 2 N–H and O–H groups in total. The first-order valence-electron chi connectivity index (χ1n) is 7.15. The van der Waals surface area contributed by atoms with E-state index in [1.54, 1.807) is 6.07 Å². The second-order valence-electron chi connectivity index (χ2n) is 5.41. The Hall–Kier alpha value is -1.06. The Labute approximate surface area is 135 Å². The van der Waals surface area contributed by atoms with Crippen LogP contribution < -0.4 is 5.73 Å². The maximum Gasteiger partial charge on any atom is 0.0488 e. The monoisotopic (exact) mass is 320 g/mol. The van der Waals surface area contributed by atoms with Crippen LogP contribution >= 0.6 is 23.2 Å². The molecule has 21 heavy (non-hydrogen) atoms. The van der Waals surface area contributed by atoms with E-state index in [0.717, 1.165) is 25.1 Å². The SMILES string of the molecule is NCC(c1ccc(Cl)cc1Cl)N1CCc2ccccc2C1. The number of rotatable bonds is 3. The largest absolute Gasteiger partial charge is 0.329 e. The average Bonchev–Trinajstić information content (AvgIpc) is 2.50. The van der Waals surface area contributed by atoms with Crippen LogP contribution in [0.4, 0.5) is 0 Å². The number of benzene rings is 2. The third kappa shape index (κ3) is 3.09. The van der Waals surface area contributed by atoms with Crippen molar-refractivity contribution in [2.45, 2.75) is 19.0 Å². The van der Waals surface area contributed by atoms with Gasteiger partial charge in [0.25, 0.3) is 0 Å².